The van der Waals surface area contributed by atoms with Gasteiger partial charge in [0.2, 0.25) is 5.91 Å². The van der Waals surface area contributed by atoms with Gasteiger partial charge in [0.15, 0.2) is 0 Å². The molecule has 4 heteroatoms. The predicted molar refractivity (Wildman–Crippen MR) is 63.6 cm³/mol. The molecule has 0 spiro atoms. The van der Waals surface area contributed by atoms with Crippen LogP contribution in [0.1, 0.15) is 19.8 Å². The maximum atomic E-state index is 11.5. The van der Waals surface area contributed by atoms with Crippen LogP contribution in [0.3, 0.4) is 0 Å². The van der Waals surface area contributed by atoms with E-state index in [-0.39, 0.29) is 11.9 Å². The Hall–Kier alpha value is -0.870. The second kappa shape index (κ2) is 7.43. The molecule has 0 fully saturated rings. The number of nitrogens with one attached hydrogen (secondary N) is 1. The third-order valence-corrected chi connectivity index (χ3v) is 2.16. The minimum atomic E-state index is -0.468. The van der Waals surface area contributed by atoms with Crippen molar-refractivity contribution < 1.29 is 4.79 Å². The second-order valence-electron chi connectivity index (χ2n) is 4.13. The van der Waals surface area contributed by atoms with Crippen LogP contribution >= 0.6 is 0 Å². The van der Waals surface area contributed by atoms with Crippen molar-refractivity contribution in [2.24, 2.45) is 5.73 Å². The zero-order chi connectivity index (χ0) is 11.8. The lowest BCUT2D eigenvalue weighted by molar-refractivity contribution is -0.122. The fourth-order valence-electron chi connectivity index (χ4n) is 1.16. The van der Waals surface area contributed by atoms with Gasteiger partial charge >= 0.3 is 0 Å². The van der Waals surface area contributed by atoms with Crippen molar-refractivity contribution in [3.63, 3.8) is 0 Å². The van der Waals surface area contributed by atoms with E-state index in [1.807, 2.05) is 21.0 Å². The fourth-order valence-corrected chi connectivity index (χ4v) is 1.16. The van der Waals surface area contributed by atoms with Crippen LogP contribution in [0.15, 0.2) is 12.7 Å². The van der Waals surface area contributed by atoms with Crippen molar-refractivity contribution in [3.8, 4) is 0 Å². The summed E-state index contributed by atoms with van der Waals surface area (Å²) in [5.41, 5.74) is 5.64. The number of carbonyl (C=O) groups is 1. The average Bonchev–Trinajstić information content (AvgIpc) is 2.15. The highest BCUT2D eigenvalue weighted by Gasteiger charge is 2.13. The first-order chi connectivity index (χ1) is 6.97. The van der Waals surface area contributed by atoms with Gasteiger partial charge in [0.25, 0.3) is 0 Å². The Kier molecular flexibility index (Phi) is 6.99. The molecule has 0 saturated carbocycles. The van der Waals surface area contributed by atoms with Crippen molar-refractivity contribution in [1.29, 1.82) is 0 Å². The van der Waals surface area contributed by atoms with E-state index in [2.05, 4.69) is 16.8 Å². The van der Waals surface area contributed by atoms with Crippen molar-refractivity contribution in [1.82, 2.24) is 10.2 Å². The molecule has 15 heavy (non-hydrogen) atoms. The predicted octanol–water partition coefficient (Wildman–Crippen LogP) is 0.346. The van der Waals surface area contributed by atoms with Gasteiger partial charge < -0.3 is 16.0 Å². The van der Waals surface area contributed by atoms with E-state index in [0.717, 1.165) is 13.0 Å². The highest BCUT2D eigenvalue weighted by molar-refractivity contribution is 5.81. The van der Waals surface area contributed by atoms with E-state index in [9.17, 15) is 4.79 Å². The van der Waals surface area contributed by atoms with E-state index >= 15 is 0 Å². The number of hydrogen-bond donors (Lipinski definition) is 2. The summed E-state index contributed by atoms with van der Waals surface area (Å²) in [6, 6.07) is -0.305. The van der Waals surface area contributed by atoms with Gasteiger partial charge in [-0.25, -0.2) is 0 Å². The first-order valence-corrected chi connectivity index (χ1v) is 5.29. The molecule has 0 rings (SSSR count). The smallest absolute Gasteiger partial charge is 0.237 e. The molecule has 3 N–H and O–H groups in total. The highest BCUT2D eigenvalue weighted by Crippen LogP contribution is 1.95. The topological polar surface area (TPSA) is 58.4 Å². The Labute approximate surface area is 92.5 Å². The van der Waals surface area contributed by atoms with Crippen LogP contribution in [0, 0.1) is 0 Å². The maximum Gasteiger partial charge on any atom is 0.237 e. The molecule has 0 aromatic heterocycles. The second-order valence-corrected chi connectivity index (χ2v) is 4.13. The number of hydrogen-bond acceptors (Lipinski definition) is 3. The molecule has 0 radical (unpaired) electrons. The number of nitrogens with zero attached hydrogens (tertiary/aromatic N) is 1. The van der Waals surface area contributed by atoms with Crippen molar-refractivity contribution in [2.45, 2.75) is 31.8 Å². The number of nitrogens with two attached hydrogens (primary N) is 1. The van der Waals surface area contributed by atoms with Crippen LogP contribution in [0.5, 0.6) is 0 Å². The lowest BCUT2D eigenvalue weighted by atomic mass is 10.1. The molecule has 0 aliphatic rings. The van der Waals surface area contributed by atoms with Gasteiger partial charge in [0.1, 0.15) is 0 Å². The minimum absolute atomic E-state index is 0.0962. The molecule has 0 aliphatic carbocycles. The van der Waals surface area contributed by atoms with Gasteiger partial charge in [0, 0.05) is 6.04 Å². The third-order valence-electron chi connectivity index (χ3n) is 2.16. The standard InChI is InChI=1S/C11H23N3O/c1-5-6-10(12)11(15)13-9(2)7-8-14(3)4/h5,9-10H,1,6-8,12H2,2-4H3,(H,13,15). The van der Waals surface area contributed by atoms with Crippen molar-refractivity contribution in [2.75, 3.05) is 20.6 Å². The van der Waals surface area contributed by atoms with Gasteiger partial charge in [-0.3, -0.25) is 4.79 Å². The van der Waals surface area contributed by atoms with E-state index < -0.39 is 6.04 Å². The van der Waals surface area contributed by atoms with Crippen molar-refractivity contribution >= 4 is 5.91 Å². The first kappa shape index (κ1) is 14.1. The average molecular weight is 213 g/mol. The van der Waals surface area contributed by atoms with Crippen LogP contribution in [0.2, 0.25) is 0 Å². The van der Waals surface area contributed by atoms with Gasteiger partial charge in [0.05, 0.1) is 6.04 Å². The maximum absolute atomic E-state index is 11.5. The lowest BCUT2D eigenvalue weighted by Gasteiger charge is -2.18. The molecule has 0 aromatic carbocycles. The Morgan fingerprint density at radius 2 is 2.20 bits per heavy atom. The zero-order valence-electron chi connectivity index (χ0n) is 9.99. The largest absolute Gasteiger partial charge is 0.352 e. The van der Waals surface area contributed by atoms with Crippen LogP contribution in [0.4, 0.5) is 0 Å². The SMILES string of the molecule is C=CCC(N)C(=O)NC(C)CCN(C)C. The summed E-state index contributed by atoms with van der Waals surface area (Å²) in [5.74, 6) is -0.0962. The van der Waals surface area contributed by atoms with E-state index in [4.69, 9.17) is 5.73 Å². The molecular weight excluding hydrogens is 190 g/mol. The Morgan fingerprint density at radius 3 is 2.67 bits per heavy atom. The summed E-state index contributed by atoms with van der Waals surface area (Å²) in [6.07, 6.45) is 3.11. The molecular formula is C11H23N3O. The van der Waals surface area contributed by atoms with E-state index in [0.29, 0.717) is 6.42 Å². The summed E-state index contributed by atoms with van der Waals surface area (Å²) in [7, 11) is 4.02. The Bertz CT molecular complexity index is 204. The number of rotatable bonds is 7. The van der Waals surface area contributed by atoms with Crippen LogP contribution in [-0.2, 0) is 4.79 Å². The molecule has 2 unspecified atom stereocenters. The molecule has 1 amide bonds. The summed E-state index contributed by atoms with van der Waals surface area (Å²) in [4.78, 5) is 13.6. The summed E-state index contributed by atoms with van der Waals surface area (Å²) >= 11 is 0. The summed E-state index contributed by atoms with van der Waals surface area (Å²) < 4.78 is 0. The monoisotopic (exact) mass is 213 g/mol. The molecule has 2 atom stereocenters. The molecule has 0 heterocycles. The van der Waals surface area contributed by atoms with Crippen LogP contribution in [-0.4, -0.2) is 43.5 Å². The van der Waals surface area contributed by atoms with Gasteiger partial charge in [-0.1, -0.05) is 6.08 Å². The number of carbonyl (C=O) groups excluding carboxylic acids is 1. The van der Waals surface area contributed by atoms with E-state index in [1.165, 1.54) is 0 Å². The van der Waals surface area contributed by atoms with Crippen LogP contribution < -0.4 is 11.1 Å². The normalized spacial score (nSPS) is 14.7. The molecule has 4 nitrogen and oxygen atoms in total. The Morgan fingerprint density at radius 1 is 1.60 bits per heavy atom. The summed E-state index contributed by atoms with van der Waals surface area (Å²) in [5, 5.41) is 2.88. The molecule has 0 aliphatic heterocycles. The summed E-state index contributed by atoms with van der Waals surface area (Å²) in [6.45, 7) is 6.50. The van der Waals surface area contributed by atoms with E-state index in [1.54, 1.807) is 6.08 Å². The molecule has 0 bridgehead atoms. The van der Waals surface area contributed by atoms with Gasteiger partial charge in [-0.05, 0) is 40.4 Å². The molecule has 0 saturated heterocycles. The minimum Gasteiger partial charge on any atom is -0.352 e. The molecule has 0 aromatic rings. The Balaban J connectivity index is 3.79. The fraction of sp³-hybridized carbons (Fsp3) is 0.727. The first-order valence-electron chi connectivity index (χ1n) is 5.29. The highest BCUT2D eigenvalue weighted by atomic mass is 16.2. The quantitative estimate of drug-likeness (QED) is 0.600. The van der Waals surface area contributed by atoms with Gasteiger partial charge in [-0.2, -0.15) is 0 Å². The molecule has 88 valence electrons. The zero-order valence-corrected chi connectivity index (χ0v) is 9.99. The van der Waals surface area contributed by atoms with Crippen LogP contribution in [0.25, 0.3) is 0 Å². The third kappa shape index (κ3) is 7.11. The lowest BCUT2D eigenvalue weighted by Crippen LogP contribution is -2.44. The van der Waals surface area contributed by atoms with Crippen molar-refractivity contribution in [3.05, 3.63) is 12.7 Å². The van der Waals surface area contributed by atoms with Gasteiger partial charge in [-0.15, -0.1) is 6.58 Å². The number of amides is 1.